The molecular weight excluding hydrogens is 397 g/mol. The Morgan fingerprint density at radius 2 is 2.13 bits per heavy atom. The first-order valence-electron chi connectivity index (χ1n) is 11.5. The quantitative estimate of drug-likeness (QED) is 0.600. The van der Waals surface area contributed by atoms with Crippen molar-refractivity contribution in [1.82, 2.24) is 25.2 Å². The molecule has 1 atom stereocenters. The number of nitrogens with one attached hydrogen (secondary N) is 1. The van der Waals surface area contributed by atoms with Crippen LogP contribution in [0.5, 0.6) is 0 Å². The topological polar surface area (TPSA) is 78.0 Å². The molecule has 1 saturated carbocycles. The van der Waals surface area contributed by atoms with Crippen molar-refractivity contribution in [3.05, 3.63) is 35.6 Å². The van der Waals surface area contributed by atoms with Crippen molar-refractivity contribution >= 4 is 10.9 Å². The second-order valence-electron chi connectivity index (χ2n) is 9.12. The van der Waals surface area contributed by atoms with Gasteiger partial charge >= 0.3 is 0 Å². The lowest BCUT2D eigenvalue weighted by atomic mass is 9.80. The van der Waals surface area contributed by atoms with Crippen LogP contribution in [0.4, 0.5) is 4.39 Å². The SMILES string of the molecule is CC(C)c1nn(-c2noc([C@H]3C[C@@H](NCCC4CCCCO4)C3)n2)c2c(F)cccc12. The minimum absolute atomic E-state index is 0.161. The first-order valence-corrected chi connectivity index (χ1v) is 11.5. The third kappa shape index (κ3) is 4.11. The molecule has 3 aromatic rings. The van der Waals surface area contributed by atoms with Crippen LogP contribution < -0.4 is 5.32 Å². The van der Waals surface area contributed by atoms with E-state index in [0.29, 0.717) is 29.5 Å². The average molecular weight is 428 g/mol. The highest BCUT2D eigenvalue weighted by Gasteiger charge is 2.34. The zero-order valence-electron chi connectivity index (χ0n) is 18.2. The van der Waals surface area contributed by atoms with Gasteiger partial charge in [-0.2, -0.15) is 14.8 Å². The van der Waals surface area contributed by atoms with Gasteiger partial charge in [0.1, 0.15) is 11.3 Å². The molecule has 31 heavy (non-hydrogen) atoms. The van der Waals surface area contributed by atoms with E-state index >= 15 is 0 Å². The Kier molecular flexibility index (Phi) is 5.75. The van der Waals surface area contributed by atoms with Crippen LogP contribution in [0.25, 0.3) is 16.9 Å². The van der Waals surface area contributed by atoms with Crippen molar-refractivity contribution in [3.8, 4) is 5.95 Å². The average Bonchev–Trinajstić information content (AvgIpc) is 3.36. The number of para-hydroxylation sites is 1. The Morgan fingerprint density at radius 1 is 1.26 bits per heavy atom. The van der Waals surface area contributed by atoms with E-state index < -0.39 is 0 Å². The summed E-state index contributed by atoms with van der Waals surface area (Å²) in [5.74, 6) is 0.964. The summed E-state index contributed by atoms with van der Waals surface area (Å²) in [6.07, 6.45) is 7.08. The normalized spacial score (nSPS) is 24.1. The van der Waals surface area contributed by atoms with Crippen LogP contribution in [0.2, 0.25) is 0 Å². The lowest BCUT2D eigenvalue weighted by Gasteiger charge is -2.34. The number of ether oxygens (including phenoxy) is 1. The van der Waals surface area contributed by atoms with Crippen LogP contribution in [-0.4, -0.2) is 45.2 Å². The minimum atomic E-state index is -0.335. The lowest BCUT2D eigenvalue weighted by molar-refractivity contribution is 0.0106. The molecule has 1 aliphatic heterocycles. The Hall–Kier alpha value is -2.32. The van der Waals surface area contributed by atoms with Gasteiger partial charge in [0.15, 0.2) is 0 Å². The van der Waals surface area contributed by atoms with Crippen molar-refractivity contribution in [1.29, 1.82) is 0 Å². The number of hydrogen-bond donors (Lipinski definition) is 1. The van der Waals surface area contributed by atoms with E-state index in [-0.39, 0.29) is 17.7 Å². The molecule has 0 amide bonds. The van der Waals surface area contributed by atoms with Crippen LogP contribution in [0.3, 0.4) is 0 Å². The fraction of sp³-hybridized carbons (Fsp3) is 0.609. The van der Waals surface area contributed by atoms with Crippen molar-refractivity contribution in [2.45, 2.75) is 76.4 Å². The maximum absolute atomic E-state index is 14.6. The fourth-order valence-corrected chi connectivity index (χ4v) is 4.67. The molecule has 1 saturated heterocycles. The molecule has 7 nitrogen and oxygen atoms in total. The molecule has 2 aliphatic rings. The smallest absolute Gasteiger partial charge is 0.291 e. The molecule has 0 bridgehead atoms. The lowest BCUT2D eigenvalue weighted by Crippen LogP contribution is -2.41. The Labute approximate surface area is 181 Å². The zero-order chi connectivity index (χ0) is 21.4. The number of hydrogen-bond acceptors (Lipinski definition) is 6. The second-order valence-corrected chi connectivity index (χ2v) is 9.12. The Balaban J connectivity index is 1.23. The number of nitrogens with zero attached hydrogens (tertiary/aromatic N) is 4. The van der Waals surface area contributed by atoms with Gasteiger partial charge in [-0.15, -0.1) is 0 Å². The van der Waals surface area contributed by atoms with Crippen LogP contribution >= 0.6 is 0 Å². The van der Waals surface area contributed by atoms with Crippen molar-refractivity contribution in [2.75, 3.05) is 13.2 Å². The van der Waals surface area contributed by atoms with E-state index in [9.17, 15) is 4.39 Å². The molecule has 1 aromatic carbocycles. The molecule has 8 heteroatoms. The van der Waals surface area contributed by atoms with Gasteiger partial charge in [0.05, 0.1) is 11.8 Å². The predicted molar refractivity (Wildman–Crippen MR) is 115 cm³/mol. The second kappa shape index (κ2) is 8.67. The highest BCUT2D eigenvalue weighted by molar-refractivity contribution is 5.84. The van der Waals surface area contributed by atoms with Gasteiger partial charge in [-0.1, -0.05) is 26.0 Å². The highest BCUT2D eigenvalue weighted by Crippen LogP contribution is 2.36. The summed E-state index contributed by atoms with van der Waals surface area (Å²) in [7, 11) is 0. The van der Waals surface area contributed by atoms with E-state index in [1.165, 1.54) is 30.0 Å². The summed E-state index contributed by atoms with van der Waals surface area (Å²) >= 11 is 0. The zero-order valence-corrected chi connectivity index (χ0v) is 18.2. The van der Waals surface area contributed by atoms with Gasteiger partial charge in [0, 0.05) is 24.0 Å². The summed E-state index contributed by atoms with van der Waals surface area (Å²) in [6.45, 7) is 5.97. The largest absolute Gasteiger partial charge is 0.378 e. The standard InChI is InChI=1S/C23H30FN5O2/c1-14(2)20-18-7-5-8-19(24)21(18)29(27-20)23-26-22(31-28-23)15-12-16(13-15)25-10-9-17-6-3-4-11-30-17/h5,7-8,14-17,25H,3-4,6,9-13H2,1-2H3/t15-,16+,17?. The summed E-state index contributed by atoms with van der Waals surface area (Å²) in [6, 6.07) is 5.50. The molecule has 5 rings (SSSR count). The third-order valence-electron chi connectivity index (χ3n) is 6.51. The maximum atomic E-state index is 14.6. The number of halogens is 1. The minimum Gasteiger partial charge on any atom is -0.378 e. The van der Waals surface area contributed by atoms with Gasteiger partial charge in [-0.05, 0) is 62.2 Å². The summed E-state index contributed by atoms with van der Waals surface area (Å²) in [4.78, 5) is 4.56. The van der Waals surface area contributed by atoms with E-state index in [1.54, 1.807) is 6.07 Å². The predicted octanol–water partition coefficient (Wildman–Crippen LogP) is 4.47. The molecule has 0 spiro atoms. The van der Waals surface area contributed by atoms with Gasteiger partial charge < -0.3 is 14.6 Å². The third-order valence-corrected chi connectivity index (χ3v) is 6.51. The first kappa shape index (κ1) is 20.6. The van der Waals surface area contributed by atoms with E-state index in [1.807, 2.05) is 19.9 Å². The van der Waals surface area contributed by atoms with Gasteiger partial charge in [-0.25, -0.2) is 4.39 Å². The van der Waals surface area contributed by atoms with E-state index in [4.69, 9.17) is 9.26 Å². The monoisotopic (exact) mass is 427 g/mol. The highest BCUT2D eigenvalue weighted by atomic mass is 19.1. The maximum Gasteiger partial charge on any atom is 0.291 e. The molecule has 0 radical (unpaired) electrons. The molecule has 1 N–H and O–H groups in total. The summed E-state index contributed by atoms with van der Waals surface area (Å²) in [5, 5.41) is 13.1. The van der Waals surface area contributed by atoms with Crippen LogP contribution in [0, 0.1) is 5.82 Å². The van der Waals surface area contributed by atoms with Gasteiger partial charge in [0.25, 0.3) is 5.95 Å². The molecule has 1 aliphatic carbocycles. The molecule has 2 fully saturated rings. The summed E-state index contributed by atoms with van der Waals surface area (Å²) < 4.78 is 27.4. The van der Waals surface area contributed by atoms with Crippen LogP contribution in [0.15, 0.2) is 22.7 Å². The summed E-state index contributed by atoms with van der Waals surface area (Å²) in [5.41, 5.74) is 1.23. The Bertz CT molecular complexity index is 1030. The van der Waals surface area contributed by atoms with Crippen LogP contribution in [0.1, 0.15) is 75.8 Å². The van der Waals surface area contributed by atoms with E-state index in [2.05, 4.69) is 20.6 Å². The number of benzene rings is 1. The molecule has 2 aromatic heterocycles. The van der Waals surface area contributed by atoms with Crippen molar-refractivity contribution in [2.24, 2.45) is 0 Å². The number of rotatable bonds is 7. The van der Waals surface area contributed by atoms with Crippen molar-refractivity contribution < 1.29 is 13.7 Å². The molecular formula is C23H30FN5O2. The van der Waals surface area contributed by atoms with Gasteiger partial charge in [-0.3, -0.25) is 0 Å². The molecule has 1 unspecified atom stereocenters. The number of aromatic nitrogens is 4. The van der Waals surface area contributed by atoms with Gasteiger partial charge in [0.2, 0.25) is 5.89 Å². The molecule has 3 heterocycles. The van der Waals surface area contributed by atoms with E-state index in [0.717, 1.165) is 43.5 Å². The van der Waals surface area contributed by atoms with Crippen molar-refractivity contribution in [3.63, 3.8) is 0 Å². The molecule has 166 valence electrons. The van der Waals surface area contributed by atoms with Crippen LogP contribution in [-0.2, 0) is 4.74 Å². The first-order chi connectivity index (χ1) is 15.1. The fourth-order valence-electron chi connectivity index (χ4n) is 4.67. The number of fused-ring (bicyclic) bond motifs is 1. The Morgan fingerprint density at radius 3 is 2.90 bits per heavy atom.